The summed E-state index contributed by atoms with van der Waals surface area (Å²) in [7, 11) is 0. The van der Waals surface area contributed by atoms with E-state index in [0.29, 0.717) is 11.8 Å². The van der Waals surface area contributed by atoms with Gasteiger partial charge in [0.1, 0.15) is 0 Å². The van der Waals surface area contributed by atoms with E-state index in [1.54, 1.807) is 44.2 Å². The Morgan fingerprint density at radius 2 is 1.85 bits per heavy atom. The van der Waals surface area contributed by atoms with Crippen LogP contribution in [-0.4, -0.2) is 6.29 Å². The molecule has 0 bridgehead atoms. The number of aldehydes is 1. The summed E-state index contributed by atoms with van der Waals surface area (Å²) >= 11 is 0. The van der Waals surface area contributed by atoms with Crippen molar-refractivity contribution in [2.75, 3.05) is 0 Å². The molecule has 1 aromatic carbocycles. The highest BCUT2D eigenvalue weighted by Gasteiger charge is 2.35. The summed E-state index contributed by atoms with van der Waals surface area (Å²) in [6.45, 7) is 3.39. The highest BCUT2D eigenvalue weighted by Crippen LogP contribution is 2.31. The first kappa shape index (κ1) is 9.90. The molecule has 1 rings (SSSR count). The molecule has 2 heteroatoms. The minimum atomic E-state index is -1.85. The number of alkyl halides is 1. The quantitative estimate of drug-likeness (QED) is 0.653. The first-order chi connectivity index (χ1) is 6.11. The first-order valence-electron chi connectivity index (χ1n) is 4.32. The van der Waals surface area contributed by atoms with Crippen molar-refractivity contribution in [2.24, 2.45) is 5.92 Å². The van der Waals surface area contributed by atoms with Gasteiger partial charge in [0, 0.05) is 0 Å². The van der Waals surface area contributed by atoms with Crippen LogP contribution < -0.4 is 0 Å². The number of halogens is 1. The van der Waals surface area contributed by atoms with Crippen molar-refractivity contribution in [2.45, 2.75) is 19.5 Å². The largest absolute Gasteiger partial charge is 0.299 e. The number of benzene rings is 1. The number of carbonyl (C=O) groups excluding carboxylic acids is 1. The third-order valence-electron chi connectivity index (χ3n) is 2.23. The zero-order valence-corrected chi connectivity index (χ0v) is 7.83. The Bertz CT molecular complexity index is 281. The van der Waals surface area contributed by atoms with Crippen LogP contribution in [0.4, 0.5) is 4.39 Å². The van der Waals surface area contributed by atoms with Crippen LogP contribution in [0, 0.1) is 5.92 Å². The number of carbonyl (C=O) groups is 1. The summed E-state index contributed by atoms with van der Waals surface area (Å²) in [5.41, 5.74) is -1.42. The van der Waals surface area contributed by atoms with Gasteiger partial charge in [0.05, 0.1) is 0 Å². The first-order valence-corrected chi connectivity index (χ1v) is 4.32. The molecule has 1 atom stereocenters. The summed E-state index contributed by atoms with van der Waals surface area (Å²) in [5.74, 6) is -0.340. The van der Waals surface area contributed by atoms with Crippen LogP contribution in [0.5, 0.6) is 0 Å². The van der Waals surface area contributed by atoms with Crippen molar-refractivity contribution >= 4 is 6.29 Å². The lowest BCUT2D eigenvalue weighted by molar-refractivity contribution is -0.121. The molecule has 1 nitrogen and oxygen atoms in total. The Labute approximate surface area is 77.6 Å². The van der Waals surface area contributed by atoms with Gasteiger partial charge < -0.3 is 0 Å². The second-order valence-electron chi connectivity index (χ2n) is 3.41. The molecule has 0 aliphatic carbocycles. The second kappa shape index (κ2) is 3.69. The molecule has 0 spiro atoms. The van der Waals surface area contributed by atoms with Crippen molar-refractivity contribution in [3.05, 3.63) is 35.9 Å². The van der Waals surface area contributed by atoms with Gasteiger partial charge >= 0.3 is 0 Å². The highest BCUT2D eigenvalue weighted by atomic mass is 19.1. The Morgan fingerprint density at radius 3 is 2.23 bits per heavy atom. The third-order valence-corrected chi connectivity index (χ3v) is 2.23. The van der Waals surface area contributed by atoms with E-state index in [9.17, 15) is 9.18 Å². The fourth-order valence-corrected chi connectivity index (χ4v) is 1.23. The summed E-state index contributed by atoms with van der Waals surface area (Å²) < 4.78 is 14.0. The summed E-state index contributed by atoms with van der Waals surface area (Å²) in [4.78, 5) is 10.7. The molecule has 1 aromatic rings. The molecule has 0 fully saturated rings. The highest BCUT2D eigenvalue weighted by molar-refractivity contribution is 5.66. The zero-order valence-electron chi connectivity index (χ0n) is 7.83. The van der Waals surface area contributed by atoms with Gasteiger partial charge in [-0.1, -0.05) is 44.2 Å². The fourth-order valence-electron chi connectivity index (χ4n) is 1.23. The third kappa shape index (κ3) is 1.77. The van der Waals surface area contributed by atoms with E-state index >= 15 is 0 Å². The van der Waals surface area contributed by atoms with Gasteiger partial charge in [-0.05, 0) is 11.5 Å². The molecular weight excluding hydrogens is 167 g/mol. The molecule has 0 radical (unpaired) electrons. The lowest BCUT2D eigenvalue weighted by Gasteiger charge is -2.23. The van der Waals surface area contributed by atoms with Gasteiger partial charge in [-0.25, -0.2) is 4.39 Å². The van der Waals surface area contributed by atoms with Crippen LogP contribution in [0.3, 0.4) is 0 Å². The Kier molecular flexibility index (Phi) is 2.81. The van der Waals surface area contributed by atoms with Crippen molar-refractivity contribution in [1.29, 1.82) is 0 Å². The van der Waals surface area contributed by atoms with Gasteiger partial charge in [-0.15, -0.1) is 0 Å². The molecule has 0 aromatic heterocycles. The molecule has 0 unspecified atom stereocenters. The van der Waals surface area contributed by atoms with Crippen molar-refractivity contribution in [1.82, 2.24) is 0 Å². The Morgan fingerprint density at radius 1 is 1.31 bits per heavy atom. The van der Waals surface area contributed by atoms with Crippen LogP contribution >= 0.6 is 0 Å². The SMILES string of the molecule is CC(C)[C@](F)(C=O)c1ccccc1. The van der Waals surface area contributed by atoms with Crippen LogP contribution in [0.2, 0.25) is 0 Å². The van der Waals surface area contributed by atoms with Crippen LogP contribution in [-0.2, 0) is 10.5 Å². The second-order valence-corrected chi connectivity index (χ2v) is 3.41. The molecule has 0 aliphatic rings. The molecule has 70 valence electrons. The van der Waals surface area contributed by atoms with E-state index in [1.807, 2.05) is 0 Å². The molecule has 13 heavy (non-hydrogen) atoms. The number of rotatable bonds is 3. The minimum absolute atomic E-state index is 0.340. The van der Waals surface area contributed by atoms with Crippen molar-refractivity contribution in [3.63, 3.8) is 0 Å². The number of hydrogen-bond donors (Lipinski definition) is 0. The molecule has 0 heterocycles. The van der Waals surface area contributed by atoms with Crippen molar-refractivity contribution < 1.29 is 9.18 Å². The monoisotopic (exact) mass is 180 g/mol. The summed E-state index contributed by atoms with van der Waals surface area (Å²) in [6, 6.07) is 8.53. The maximum Gasteiger partial charge on any atom is 0.192 e. The van der Waals surface area contributed by atoms with Crippen LogP contribution in [0.1, 0.15) is 19.4 Å². The number of hydrogen-bond acceptors (Lipinski definition) is 1. The van der Waals surface area contributed by atoms with E-state index < -0.39 is 5.67 Å². The lowest BCUT2D eigenvalue weighted by atomic mass is 9.87. The van der Waals surface area contributed by atoms with E-state index in [4.69, 9.17) is 0 Å². The van der Waals surface area contributed by atoms with Gasteiger partial charge in [0.15, 0.2) is 12.0 Å². The smallest absolute Gasteiger partial charge is 0.192 e. The van der Waals surface area contributed by atoms with E-state index in [1.165, 1.54) is 0 Å². The molecule has 0 saturated carbocycles. The summed E-state index contributed by atoms with van der Waals surface area (Å²) in [6.07, 6.45) is 0.382. The normalized spacial score (nSPS) is 15.4. The summed E-state index contributed by atoms with van der Waals surface area (Å²) in [5, 5.41) is 0. The Balaban J connectivity index is 3.10. The van der Waals surface area contributed by atoms with Gasteiger partial charge in [-0.3, -0.25) is 4.79 Å². The molecule has 0 saturated heterocycles. The van der Waals surface area contributed by atoms with Crippen molar-refractivity contribution in [3.8, 4) is 0 Å². The lowest BCUT2D eigenvalue weighted by Crippen LogP contribution is -2.28. The zero-order chi connectivity index (χ0) is 9.90. The molecule has 0 N–H and O–H groups in total. The van der Waals surface area contributed by atoms with E-state index in [0.717, 1.165) is 0 Å². The minimum Gasteiger partial charge on any atom is -0.299 e. The maximum atomic E-state index is 14.0. The van der Waals surface area contributed by atoms with Crippen LogP contribution in [0.15, 0.2) is 30.3 Å². The standard InChI is InChI=1S/C11H13FO/c1-9(2)11(12,8-13)10-6-4-3-5-7-10/h3-9H,1-2H3/t11-/m1/s1. The molecule has 0 aliphatic heterocycles. The topological polar surface area (TPSA) is 17.1 Å². The average Bonchev–Trinajstić information content (AvgIpc) is 2.17. The van der Waals surface area contributed by atoms with Crippen LogP contribution in [0.25, 0.3) is 0 Å². The van der Waals surface area contributed by atoms with Gasteiger partial charge in [0.25, 0.3) is 0 Å². The van der Waals surface area contributed by atoms with Gasteiger partial charge in [-0.2, -0.15) is 0 Å². The average molecular weight is 180 g/mol. The Hall–Kier alpha value is -1.18. The van der Waals surface area contributed by atoms with E-state index in [2.05, 4.69) is 0 Å². The molecule has 0 amide bonds. The predicted octanol–water partition coefficient (Wildman–Crippen LogP) is 2.71. The van der Waals surface area contributed by atoms with Gasteiger partial charge in [0.2, 0.25) is 0 Å². The predicted molar refractivity (Wildman–Crippen MR) is 50.1 cm³/mol. The fraction of sp³-hybridized carbons (Fsp3) is 0.364. The van der Waals surface area contributed by atoms with E-state index in [-0.39, 0.29) is 5.92 Å². The maximum absolute atomic E-state index is 14.0. The molecular formula is C11H13FO.